The van der Waals surface area contributed by atoms with Gasteiger partial charge in [-0.2, -0.15) is 5.21 Å². The van der Waals surface area contributed by atoms with Crippen LogP contribution in [-0.4, -0.2) is 26.5 Å². The predicted octanol–water partition coefficient (Wildman–Crippen LogP) is 2.62. The number of aryl methyl sites for hydroxylation is 1. The van der Waals surface area contributed by atoms with E-state index >= 15 is 0 Å². The summed E-state index contributed by atoms with van der Waals surface area (Å²) in [5, 5.41) is 19.5. The standard InChI is InChI=1S/C10H8ClN3O2S/c1-5-2-3-6(4-7(5)11)17-9-8(10(15)16)12-14-13-9/h2-4H,1H3,(H,15,16)(H,12,13,14). The summed E-state index contributed by atoms with van der Waals surface area (Å²) >= 11 is 7.18. The van der Waals surface area contributed by atoms with Gasteiger partial charge in [0.2, 0.25) is 5.69 Å². The summed E-state index contributed by atoms with van der Waals surface area (Å²) in [7, 11) is 0. The van der Waals surface area contributed by atoms with Crippen LogP contribution in [0.3, 0.4) is 0 Å². The SMILES string of the molecule is Cc1ccc(Sc2n[nH]nc2C(=O)O)cc1Cl. The van der Waals surface area contributed by atoms with Crippen molar-refractivity contribution in [2.75, 3.05) is 0 Å². The molecule has 7 heteroatoms. The number of carboxylic acid groups (broad SMARTS) is 1. The van der Waals surface area contributed by atoms with Crippen LogP contribution in [0.5, 0.6) is 0 Å². The molecule has 1 heterocycles. The van der Waals surface area contributed by atoms with E-state index in [1.165, 1.54) is 11.8 Å². The molecular weight excluding hydrogens is 262 g/mol. The average Bonchev–Trinajstić information content (AvgIpc) is 2.72. The zero-order chi connectivity index (χ0) is 12.4. The van der Waals surface area contributed by atoms with Crippen LogP contribution in [0.4, 0.5) is 0 Å². The Labute approximate surface area is 106 Å². The van der Waals surface area contributed by atoms with E-state index in [2.05, 4.69) is 15.4 Å². The Morgan fingerprint density at radius 2 is 2.24 bits per heavy atom. The summed E-state index contributed by atoms with van der Waals surface area (Å²) < 4.78 is 0. The first-order chi connectivity index (χ1) is 8.08. The molecule has 0 aliphatic heterocycles. The quantitative estimate of drug-likeness (QED) is 0.895. The number of aromatic carboxylic acids is 1. The molecule has 0 atom stereocenters. The largest absolute Gasteiger partial charge is 0.476 e. The molecule has 0 saturated heterocycles. The van der Waals surface area contributed by atoms with Crippen molar-refractivity contribution in [1.29, 1.82) is 0 Å². The van der Waals surface area contributed by atoms with Crippen LogP contribution in [0.2, 0.25) is 5.02 Å². The highest BCUT2D eigenvalue weighted by atomic mass is 35.5. The number of halogens is 1. The summed E-state index contributed by atoms with van der Waals surface area (Å²) in [6.07, 6.45) is 0. The molecule has 1 aromatic carbocycles. The number of nitrogens with one attached hydrogen (secondary N) is 1. The monoisotopic (exact) mass is 269 g/mol. The minimum absolute atomic E-state index is 0.0910. The third-order valence-electron chi connectivity index (χ3n) is 2.08. The molecule has 0 aliphatic carbocycles. The van der Waals surface area contributed by atoms with Gasteiger partial charge in [0.05, 0.1) is 0 Å². The molecule has 0 radical (unpaired) electrons. The molecule has 0 unspecified atom stereocenters. The van der Waals surface area contributed by atoms with Crippen LogP contribution < -0.4 is 0 Å². The molecule has 17 heavy (non-hydrogen) atoms. The van der Waals surface area contributed by atoms with Crippen molar-refractivity contribution < 1.29 is 9.90 Å². The van der Waals surface area contributed by atoms with Crippen LogP contribution >= 0.6 is 23.4 Å². The summed E-state index contributed by atoms with van der Waals surface area (Å²) in [6, 6.07) is 5.49. The minimum Gasteiger partial charge on any atom is -0.476 e. The second-order valence-electron chi connectivity index (χ2n) is 3.30. The van der Waals surface area contributed by atoms with Crippen molar-refractivity contribution in [2.45, 2.75) is 16.8 Å². The van der Waals surface area contributed by atoms with Gasteiger partial charge in [0.1, 0.15) is 0 Å². The van der Waals surface area contributed by atoms with Crippen molar-refractivity contribution in [3.8, 4) is 0 Å². The van der Waals surface area contributed by atoms with E-state index in [9.17, 15) is 4.79 Å². The number of carbonyl (C=O) groups is 1. The fraction of sp³-hybridized carbons (Fsp3) is 0.100. The van der Waals surface area contributed by atoms with E-state index < -0.39 is 5.97 Å². The predicted molar refractivity (Wildman–Crippen MR) is 63.7 cm³/mol. The van der Waals surface area contributed by atoms with Crippen LogP contribution in [0.1, 0.15) is 16.1 Å². The minimum atomic E-state index is -1.11. The van der Waals surface area contributed by atoms with Crippen molar-refractivity contribution in [3.05, 3.63) is 34.5 Å². The van der Waals surface area contributed by atoms with Gasteiger partial charge < -0.3 is 5.11 Å². The van der Waals surface area contributed by atoms with Crippen LogP contribution in [0, 0.1) is 6.92 Å². The molecule has 0 spiro atoms. The van der Waals surface area contributed by atoms with Gasteiger partial charge in [-0.15, -0.1) is 10.2 Å². The number of aromatic nitrogens is 3. The maximum Gasteiger partial charge on any atom is 0.359 e. The third-order valence-corrected chi connectivity index (χ3v) is 3.45. The fourth-order valence-corrected chi connectivity index (χ4v) is 2.28. The molecule has 2 N–H and O–H groups in total. The molecule has 88 valence electrons. The van der Waals surface area contributed by atoms with Gasteiger partial charge >= 0.3 is 5.97 Å². The number of rotatable bonds is 3. The van der Waals surface area contributed by atoms with Crippen LogP contribution in [-0.2, 0) is 0 Å². The highest BCUT2D eigenvalue weighted by Crippen LogP contribution is 2.30. The van der Waals surface area contributed by atoms with Crippen molar-refractivity contribution in [2.24, 2.45) is 0 Å². The van der Waals surface area contributed by atoms with Gasteiger partial charge in [0, 0.05) is 9.92 Å². The normalized spacial score (nSPS) is 10.5. The van der Waals surface area contributed by atoms with Gasteiger partial charge in [-0.3, -0.25) is 0 Å². The first-order valence-corrected chi connectivity index (χ1v) is 5.85. The van der Waals surface area contributed by atoms with Gasteiger partial charge in [-0.25, -0.2) is 4.79 Å². The first kappa shape index (κ1) is 11.9. The van der Waals surface area contributed by atoms with E-state index in [1.807, 2.05) is 19.1 Å². The van der Waals surface area contributed by atoms with Crippen molar-refractivity contribution in [1.82, 2.24) is 15.4 Å². The molecule has 2 rings (SSSR count). The summed E-state index contributed by atoms with van der Waals surface area (Å²) in [6.45, 7) is 1.90. The zero-order valence-corrected chi connectivity index (χ0v) is 10.3. The first-order valence-electron chi connectivity index (χ1n) is 4.66. The molecule has 0 bridgehead atoms. The molecule has 2 aromatic rings. The molecule has 0 fully saturated rings. The highest BCUT2D eigenvalue weighted by Gasteiger charge is 2.16. The second-order valence-corrected chi connectivity index (χ2v) is 4.76. The Balaban J connectivity index is 2.28. The molecular formula is C10H8ClN3O2S. The number of H-pyrrole nitrogens is 1. The van der Waals surface area contributed by atoms with Gasteiger partial charge in [0.15, 0.2) is 5.03 Å². The molecule has 5 nitrogen and oxygen atoms in total. The third kappa shape index (κ3) is 2.59. The number of benzene rings is 1. The lowest BCUT2D eigenvalue weighted by Crippen LogP contribution is -1.98. The maximum absolute atomic E-state index is 10.8. The number of carboxylic acids is 1. The van der Waals surface area contributed by atoms with Gasteiger partial charge in [-0.1, -0.05) is 29.4 Å². The maximum atomic E-state index is 10.8. The van der Waals surface area contributed by atoms with E-state index in [1.54, 1.807) is 6.07 Å². The molecule has 0 aliphatic rings. The number of hydrogen-bond acceptors (Lipinski definition) is 4. The van der Waals surface area contributed by atoms with Crippen LogP contribution in [0.15, 0.2) is 28.1 Å². The summed E-state index contributed by atoms with van der Waals surface area (Å²) in [4.78, 5) is 11.6. The van der Waals surface area contributed by atoms with E-state index in [0.717, 1.165) is 10.5 Å². The Morgan fingerprint density at radius 3 is 2.88 bits per heavy atom. The van der Waals surface area contributed by atoms with Gasteiger partial charge in [-0.05, 0) is 24.6 Å². The van der Waals surface area contributed by atoms with Crippen molar-refractivity contribution in [3.63, 3.8) is 0 Å². The summed E-state index contributed by atoms with van der Waals surface area (Å²) in [5.74, 6) is -1.11. The lowest BCUT2D eigenvalue weighted by atomic mass is 10.2. The van der Waals surface area contributed by atoms with Crippen LogP contribution in [0.25, 0.3) is 0 Å². The van der Waals surface area contributed by atoms with E-state index in [4.69, 9.17) is 16.7 Å². The zero-order valence-electron chi connectivity index (χ0n) is 8.77. The Morgan fingerprint density at radius 1 is 1.47 bits per heavy atom. The smallest absolute Gasteiger partial charge is 0.359 e. The average molecular weight is 270 g/mol. The lowest BCUT2D eigenvalue weighted by Gasteiger charge is -2.01. The van der Waals surface area contributed by atoms with E-state index in [-0.39, 0.29) is 5.69 Å². The highest BCUT2D eigenvalue weighted by molar-refractivity contribution is 7.99. The Bertz CT molecular complexity index is 570. The number of aromatic amines is 1. The molecule has 0 saturated carbocycles. The van der Waals surface area contributed by atoms with E-state index in [0.29, 0.717) is 10.0 Å². The summed E-state index contributed by atoms with van der Waals surface area (Å²) in [5.41, 5.74) is 0.876. The Hall–Kier alpha value is -1.53. The Kier molecular flexibility index (Phi) is 3.35. The topological polar surface area (TPSA) is 78.9 Å². The van der Waals surface area contributed by atoms with Gasteiger partial charge in [0.25, 0.3) is 0 Å². The number of nitrogens with zero attached hydrogens (tertiary/aromatic N) is 2. The van der Waals surface area contributed by atoms with Crippen molar-refractivity contribution >= 4 is 29.3 Å². The second kappa shape index (κ2) is 4.77. The molecule has 1 aromatic heterocycles. The lowest BCUT2D eigenvalue weighted by molar-refractivity contribution is 0.0686. The molecule has 0 amide bonds. The fourth-order valence-electron chi connectivity index (χ4n) is 1.18. The number of hydrogen-bond donors (Lipinski definition) is 2.